The highest BCUT2D eigenvalue weighted by Crippen LogP contribution is 2.20. The first-order valence-electron chi connectivity index (χ1n) is 6.47. The molecule has 3 heteroatoms. The van der Waals surface area contributed by atoms with Crippen molar-refractivity contribution in [2.75, 3.05) is 39.5 Å². The van der Waals surface area contributed by atoms with Crippen LogP contribution in [0.1, 0.15) is 25.7 Å². The lowest BCUT2D eigenvalue weighted by atomic mass is 9.95. The molecule has 1 unspecified atom stereocenters. The highest BCUT2D eigenvalue weighted by atomic mass is 16.5. The van der Waals surface area contributed by atoms with E-state index >= 15 is 0 Å². The lowest BCUT2D eigenvalue weighted by Gasteiger charge is -2.33. The first kappa shape index (κ1) is 12.1. The Morgan fingerprint density at radius 3 is 3.19 bits per heavy atom. The zero-order valence-corrected chi connectivity index (χ0v) is 10.0. The molecule has 0 aromatic carbocycles. The topological polar surface area (TPSA) is 32.7 Å². The third-order valence-electron chi connectivity index (χ3n) is 3.55. The average molecular weight is 225 g/mol. The fraction of sp³-hybridized carbons (Fsp3) is 0.846. The molecule has 1 saturated heterocycles. The zero-order chi connectivity index (χ0) is 11.2. The van der Waals surface area contributed by atoms with Crippen LogP contribution in [-0.4, -0.2) is 49.5 Å². The lowest BCUT2D eigenvalue weighted by molar-refractivity contribution is 0.126. The number of aliphatic hydroxyl groups excluding tert-OH is 1. The van der Waals surface area contributed by atoms with Gasteiger partial charge >= 0.3 is 0 Å². The molecule has 0 saturated carbocycles. The van der Waals surface area contributed by atoms with Gasteiger partial charge in [0.15, 0.2) is 0 Å². The normalized spacial score (nSPS) is 27.8. The summed E-state index contributed by atoms with van der Waals surface area (Å²) in [6, 6.07) is 0. The van der Waals surface area contributed by atoms with E-state index in [0.717, 1.165) is 39.1 Å². The molecule has 2 heterocycles. The van der Waals surface area contributed by atoms with Crippen molar-refractivity contribution in [3.63, 3.8) is 0 Å². The molecule has 0 amide bonds. The summed E-state index contributed by atoms with van der Waals surface area (Å²) in [4.78, 5) is 2.52. The molecule has 0 aromatic heterocycles. The molecule has 1 fully saturated rings. The molecular weight excluding hydrogens is 202 g/mol. The summed E-state index contributed by atoms with van der Waals surface area (Å²) in [5.41, 5.74) is 1.44. The van der Waals surface area contributed by atoms with Crippen LogP contribution in [0.4, 0.5) is 0 Å². The maximum absolute atomic E-state index is 8.98. The van der Waals surface area contributed by atoms with Crippen molar-refractivity contribution in [2.24, 2.45) is 5.92 Å². The van der Waals surface area contributed by atoms with Crippen LogP contribution in [0.25, 0.3) is 0 Å². The third kappa shape index (κ3) is 3.58. The molecule has 2 aliphatic rings. The molecule has 3 nitrogen and oxygen atoms in total. The van der Waals surface area contributed by atoms with E-state index in [9.17, 15) is 0 Å². The predicted molar refractivity (Wildman–Crippen MR) is 64.4 cm³/mol. The summed E-state index contributed by atoms with van der Waals surface area (Å²) in [5.74, 6) is 0.698. The molecule has 92 valence electrons. The fourth-order valence-corrected chi connectivity index (χ4v) is 2.72. The van der Waals surface area contributed by atoms with Crippen molar-refractivity contribution in [3.05, 3.63) is 11.6 Å². The predicted octanol–water partition coefficient (Wildman–Crippen LogP) is 1.43. The maximum atomic E-state index is 8.98. The minimum absolute atomic E-state index is 0.338. The van der Waals surface area contributed by atoms with E-state index in [1.807, 2.05) is 0 Å². The van der Waals surface area contributed by atoms with E-state index in [0.29, 0.717) is 12.5 Å². The van der Waals surface area contributed by atoms with Gasteiger partial charge in [-0.25, -0.2) is 0 Å². The Morgan fingerprint density at radius 1 is 1.50 bits per heavy atom. The first-order chi connectivity index (χ1) is 7.88. The van der Waals surface area contributed by atoms with Crippen LogP contribution in [0.2, 0.25) is 0 Å². The zero-order valence-electron chi connectivity index (χ0n) is 10.0. The van der Waals surface area contributed by atoms with Crippen LogP contribution < -0.4 is 0 Å². The Balaban J connectivity index is 1.78. The molecule has 0 spiro atoms. The highest BCUT2D eigenvalue weighted by Gasteiger charge is 2.20. The second kappa shape index (κ2) is 6.38. The van der Waals surface area contributed by atoms with Crippen molar-refractivity contribution >= 4 is 0 Å². The average Bonchev–Trinajstić information content (AvgIpc) is 2.31. The van der Waals surface area contributed by atoms with Gasteiger partial charge in [0.25, 0.3) is 0 Å². The molecule has 0 bridgehead atoms. The van der Waals surface area contributed by atoms with E-state index in [-0.39, 0.29) is 0 Å². The van der Waals surface area contributed by atoms with E-state index < -0.39 is 0 Å². The van der Waals surface area contributed by atoms with Crippen LogP contribution in [0.3, 0.4) is 0 Å². The smallest absolute Gasteiger partial charge is 0.0689 e. The van der Waals surface area contributed by atoms with E-state index in [4.69, 9.17) is 9.84 Å². The van der Waals surface area contributed by atoms with Crippen LogP contribution in [0, 0.1) is 5.92 Å². The Bertz CT molecular complexity index is 238. The van der Waals surface area contributed by atoms with Gasteiger partial charge in [0.2, 0.25) is 0 Å². The second-order valence-electron chi connectivity index (χ2n) is 4.96. The number of ether oxygens (including phenoxy) is 1. The van der Waals surface area contributed by atoms with E-state index in [1.165, 1.54) is 25.0 Å². The molecule has 1 N–H and O–H groups in total. The Morgan fingerprint density at radius 2 is 2.44 bits per heavy atom. The summed E-state index contributed by atoms with van der Waals surface area (Å²) < 4.78 is 5.46. The molecule has 0 radical (unpaired) electrons. The molecule has 0 aliphatic carbocycles. The second-order valence-corrected chi connectivity index (χ2v) is 4.96. The number of hydrogen-bond acceptors (Lipinski definition) is 3. The molecule has 2 rings (SSSR count). The quantitative estimate of drug-likeness (QED) is 0.735. The van der Waals surface area contributed by atoms with Gasteiger partial charge in [-0.3, -0.25) is 4.90 Å². The molecule has 0 aromatic rings. The molecule has 1 atom stereocenters. The van der Waals surface area contributed by atoms with Gasteiger partial charge in [0, 0.05) is 19.7 Å². The van der Waals surface area contributed by atoms with Gasteiger partial charge in [0.05, 0.1) is 13.2 Å². The Kier molecular flexibility index (Phi) is 4.82. The minimum Gasteiger partial charge on any atom is -0.396 e. The maximum Gasteiger partial charge on any atom is 0.0689 e. The van der Waals surface area contributed by atoms with Crippen LogP contribution in [-0.2, 0) is 4.74 Å². The molecule has 16 heavy (non-hydrogen) atoms. The lowest BCUT2D eigenvalue weighted by Crippen LogP contribution is -2.37. The molecule has 2 aliphatic heterocycles. The number of rotatable bonds is 4. The van der Waals surface area contributed by atoms with Crippen LogP contribution in [0.15, 0.2) is 11.6 Å². The van der Waals surface area contributed by atoms with Gasteiger partial charge < -0.3 is 9.84 Å². The van der Waals surface area contributed by atoms with Gasteiger partial charge in [-0.1, -0.05) is 6.08 Å². The Hall–Kier alpha value is -0.380. The highest BCUT2D eigenvalue weighted by molar-refractivity contribution is 5.07. The van der Waals surface area contributed by atoms with Gasteiger partial charge in [-0.15, -0.1) is 0 Å². The number of likely N-dealkylation sites (tertiary alicyclic amines) is 1. The van der Waals surface area contributed by atoms with Gasteiger partial charge in [-0.2, -0.15) is 0 Å². The summed E-state index contributed by atoms with van der Waals surface area (Å²) in [6.07, 6.45) is 6.93. The van der Waals surface area contributed by atoms with E-state index in [2.05, 4.69) is 11.0 Å². The summed E-state index contributed by atoms with van der Waals surface area (Å²) >= 11 is 0. The van der Waals surface area contributed by atoms with Gasteiger partial charge in [-0.05, 0) is 43.7 Å². The van der Waals surface area contributed by atoms with Crippen LogP contribution >= 0.6 is 0 Å². The number of nitrogens with zero attached hydrogens (tertiary/aromatic N) is 1. The van der Waals surface area contributed by atoms with Crippen molar-refractivity contribution in [1.29, 1.82) is 0 Å². The molecular formula is C13H23NO2. The number of hydrogen-bond donors (Lipinski definition) is 1. The van der Waals surface area contributed by atoms with Crippen molar-refractivity contribution in [3.8, 4) is 0 Å². The Labute approximate surface area is 98.1 Å². The summed E-state index contributed by atoms with van der Waals surface area (Å²) in [5, 5.41) is 8.98. The number of piperidine rings is 1. The van der Waals surface area contributed by atoms with Crippen molar-refractivity contribution in [2.45, 2.75) is 25.7 Å². The third-order valence-corrected chi connectivity index (χ3v) is 3.55. The fourth-order valence-electron chi connectivity index (χ4n) is 2.72. The number of aliphatic hydroxyl groups is 1. The van der Waals surface area contributed by atoms with Crippen LogP contribution in [0.5, 0.6) is 0 Å². The summed E-state index contributed by atoms with van der Waals surface area (Å²) in [7, 11) is 0. The first-order valence-corrected chi connectivity index (χ1v) is 6.47. The monoisotopic (exact) mass is 225 g/mol. The van der Waals surface area contributed by atoms with Gasteiger partial charge in [0.1, 0.15) is 0 Å². The largest absolute Gasteiger partial charge is 0.396 e. The van der Waals surface area contributed by atoms with Crippen molar-refractivity contribution in [1.82, 2.24) is 4.90 Å². The summed E-state index contributed by atoms with van der Waals surface area (Å²) in [6.45, 7) is 5.47. The van der Waals surface area contributed by atoms with Crippen molar-refractivity contribution < 1.29 is 9.84 Å². The SMILES string of the molecule is OCCC1CCCN(CC2=CCCOC2)C1. The minimum atomic E-state index is 0.338. The van der Waals surface area contributed by atoms with E-state index in [1.54, 1.807) is 0 Å². The standard InChI is InChI=1S/C13H23NO2/c15-7-5-12-3-1-6-14(9-12)10-13-4-2-8-16-11-13/h4,12,15H,1-3,5-11H2.